The lowest BCUT2D eigenvalue weighted by molar-refractivity contribution is -0.116. The number of azide groups is 1. The number of nitrogens with zero attached hydrogens (tertiary/aromatic N) is 4. The molecule has 1 aliphatic heterocycles. The van der Waals surface area contributed by atoms with Crippen LogP contribution in [0.15, 0.2) is 29.4 Å². The SMILES string of the molecule is CC(=O)N1CCc2cc(C=CCCN=[N+]=[N-])ccc21. The summed E-state index contributed by atoms with van der Waals surface area (Å²) in [6.07, 6.45) is 5.66. The maximum atomic E-state index is 11.4. The van der Waals surface area contributed by atoms with Crippen LogP contribution in [0.1, 0.15) is 24.5 Å². The summed E-state index contributed by atoms with van der Waals surface area (Å²) in [5.41, 5.74) is 11.5. The van der Waals surface area contributed by atoms with Crippen molar-refractivity contribution in [2.45, 2.75) is 19.8 Å². The highest BCUT2D eigenvalue weighted by atomic mass is 16.2. The highest BCUT2D eigenvalue weighted by Gasteiger charge is 2.21. The van der Waals surface area contributed by atoms with Gasteiger partial charge in [-0.05, 0) is 41.6 Å². The Hall–Kier alpha value is -2.26. The van der Waals surface area contributed by atoms with E-state index in [0.717, 1.165) is 30.6 Å². The predicted molar refractivity (Wildman–Crippen MR) is 75.8 cm³/mol. The number of hydrogen-bond acceptors (Lipinski definition) is 2. The average Bonchev–Trinajstić information content (AvgIpc) is 2.81. The molecular formula is C14H16N4O. The van der Waals surface area contributed by atoms with Crippen LogP contribution in [0.5, 0.6) is 0 Å². The van der Waals surface area contributed by atoms with Gasteiger partial charge in [-0.3, -0.25) is 4.79 Å². The van der Waals surface area contributed by atoms with Gasteiger partial charge in [0, 0.05) is 30.6 Å². The summed E-state index contributed by atoms with van der Waals surface area (Å²) in [5.74, 6) is 0.0939. The van der Waals surface area contributed by atoms with Crippen LogP contribution in [-0.4, -0.2) is 19.0 Å². The van der Waals surface area contributed by atoms with Gasteiger partial charge < -0.3 is 4.90 Å². The van der Waals surface area contributed by atoms with Gasteiger partial charge in [0.25, 0.3) is 0 Å². The Labute approximate surface area is 112 Å². The van der Waals surface area contributed by atoms with Crippen molar-refractivity contribution in [2.75, 3.05) is 18.0 Å². The van der Waals surface area contributed by atoms with Crippen LogP contribution in [0.4, 0.5) is 5.69 Å². The van der Waals surface area contributed by atoms with Crippen LogP contribution < -0.4 is 4.90 Å². The van der Waals surface area contributed by atoms with E-state index >= 15 is 0 Å². The smallest absolute Gasteiger partial charge is 0.223 e. The first kappa shape index (κ1) is 13.2. The zero-order valence-electron chi connectivity index (χ0n) is 10.9. The van der Waals surface area contributed by atoms with Crippen molar-refractivity contribution in [3.8, 4) is 0 Å². The molecule has 0 aliphatic carbocycles. The molecule has 1 aliphatic rings. The lowest BCUT2D eigenvalue weighted by Gasteiger charge is -2.14. The van der Waals surface area contributed by atoms with Crippen molar-refractivity contribution >= 4 is 17.7 Å². The topological polar surface area (TPSA) is 69.1 Å². The first-order chi connectivity index (χ1) is 9.22. The summed E-state index contributed by atoms with van der Waals surface area (Å²) in [7, 11) is 0. The molecule has 0 atom stereocenters. The number of benzene rings is 1. The molecule has 0 spiro atoms. The highest BCUT2D eigenvalue weighted by molar-refractivity contribution is 5.93. The first-order valence-corrected chi connectivity index (χ1v) is 6.31. The third-order valence-electron chi connectivity index (χ3n) is 3.15. The fraction of sp³-hybridized carbons (Fsp3) is 0.357. The van der Waals surface area contributed by atoms with Crippen molar-refractivity contribution in [1.29, 1.82) is 0 Å². The first-order valence-electron chi connectivity index (χ1n) is 6.31. The van der Waals surface area contributed by atoms with Crippen LogP contribution in [0.3, 0.4) is 0 Å². The zero-order valence-corrected chi connectivity index (χ0v) is 10.9. The number of anilines is 1. The molecule has 1 aromatic carbocycles. The Morgan fingerprint density at radius 3 is 3.16 bits per heavy atom. The van der Waals surface area contributed by atoms with E-state index in [9.17, 15) is 4.79 Å². The van der Waals surface area contributed by atoms with E-state index in [-0.39, 0.29) is 5.91 Å². The summed E-state index contributed by atoms with van der Waals surface area (Å²) < 4.78 is 0. The molecule has 1 amide bonds. The minimum absolute atomic E-state index is 0.0939. The summed E-state index contributed by atoms with van der Waals surface area (Å²) >= 11 is 0. The van der Waals surface area contributed by atoms with E-state index in [4.69, 9.17) is 5.53 Å². The third kappa shape index (κ3) is 3.14. The Morgan fingerprint density at radius 2 is 2.42 bits per heavy atom. The van der Waals surface area contributed by atoms with Crippen LogP contribution in [-0.2, 0) is 11.2 Å². The largest absolute Gasteiger partial charge is 0.312 e. The Balaban J connectivity index is 2.06. The Morgan fingerprint density at radius 1 is 1.58 bits per heavy atom. The van der Waals surface area contributed by atoms with E-state index in [1.165, 1.54) is 5.56 Å². The molecule has 19 heavy (non-hydrogen) atoms. The van der Waals surface area contributed by atoms with E-state index in [1.807, 2.05) is 29.2 Å². The molecule has 0 bridgehead atoms. The van der Waals surface area contributed by atoms with Gasteiger partial charge in [-0.2, -0.15) is 0 Å². The molecule has 1 aromatic rings. The molecule has 5 heteroatoms. The van der Waals surface area contributed by atoms with Crippen molar-refractivity contribution < 1.29 is 4.79 Å². The maximum Gasteiger partial charge on any atom is 0.223 e. The zero-order chi connectivity index (χ0) is 13.7. The van der Waals surface area contributed by atoms with E-state index < -0.39 is 0 Å². The van der Waals surface area contributed by atoms with E-state index in [1.54, 1.807) is 6.92 Å². The molecule has 0 saturated carbocycles. The fourth-order valence-electron chi connectivity index (χ4n) is 2.25. The van der Waals surface area contributed by atoms with Gasteiger partial charge in [0.1, 0.15) is 0 Å². The minimum Gasteiger partial charge on any atom is -0.312 e. The number of carbonyl (C=O) groups is 1. The molecule has 0 unspecified atom stereocenters. The minimum atomic E-state index is 0.0939. The van der Waals surface area contributed by atoms with Crippen molar-refractivity contribution in [1.82, 2.24) is 0 Å². The quantitative estimate of drug-likeness (QED) is 0.352. The predicted octanol–water partition coefficient (Wildman–Crippen LogP) is 3.31. The molecule has 0 radical (unpaired) electrons. The van der Waals surface area contributed by atoms with Gasteiger partial charge in [0.2, 0.25) is 5.91 Å². The number of hydrogen-bond donors (Lipinski definition) is 0. The summed E-state index contributed by atoms with van der Waals surface area (Å²) in [5, 5.41) is 3.48. The second kappa shape index (κ2) is 6.07. The molecule has 98 valence electrons. The lowest BCUT2D eigenvalue weighted by Crippen LogP contribution is -2.25. The number of amides is 1. The normalized spacial score (nSPS) is 13.4. The second-order valence-electron chi connectivity index (χ2n) is 4.45. The summed E-state index contributed by atoms with van der Waals surface area (Å²) in [6.45, 7) is 2.85. The second-order valence-corrected chi connectivity index (χ2v) is 4.45. The number of carbonyl (C=O) groups excluding carboxylic acids is 1. The van der Waals surface area contributed by atoms with Gasteiger partial charge in [-0.15, -0.1) is 0 Å². The lowest BCUT2D eigenvalue weighted by atomic mass is 10.1. The molecular weight excluding hydrogens is 240 g/mol. The van der Waals surface area contributed by atoms with Crippen LogP contribution >= 0.6 is 0 Å². The van der Waals surface area contributed by atoms with Crippen molar-refractivity contribution in [3.05, 3.63) is 45.8 Å². The maximum absolute atomic E-state index is 11.4. The molecule has 1 heterocycles. The van der Waals surface area contributed by atoms with E-state index in [0.29, 0.717) is 6.54 Å². The molecule has 0 N–H and O–H groups in total. The van der Waals surface area contributed by atoms with Crippen LogP contribution in [0.25, 0.3) is 16.5 Å². The Kier molecular flexibility index (Phi) is 4.21. The molecule has 0 saturated heterocycles. The summed E-state index contributed by atoms with van der Waals surface area (Å²) in [6, 6.07) is 6.11. The average molecular weight is 256 g/mol. The Bertz CT molecular complexity index is 559. The van der Waals surface area contributed by atoms with Gasteiger partial charge in [0.05, 0.1) is 0 Å². The van der Waals surface area contributed by atoms with Gasteiger partial charge in [-0.25, -0.2) is 0 Å². The number of fused-ring (bicyclic) bond motifs is 1. The van der Waals surface area contributed by atoms with Crippen molar-refractivity contribution in [3.63, 3.8) is 0 Å². The highest BCUT2D eigenvalue weighted by Crippen LogP contribution is 2.29. The van der Waals surface area contributed by atoms with Crippen LogP contribution in [0, 0.1) is 0 Å². The standard InChI is InChI=1S/C14H16N4O/c1-11(19)18-9-7-13-10-12(5-6-14(13)18)4-2-3-8-16-17-15/h2,4-6,10H,3,7-9H2,1H3. The van der Waals surface area contributed by atoms with E-state index in [2.05, 4.69) is 16.1 Å². The monoisotopic (exact) mass is 256 g/mol. The van der Waals surface area contributed by atoms with Gasteiger partial charge in [-0.1, -0.05) is 23.3 Å². The third-order valence-corrected chi connectivity index (χ3v) is 3.15. The van der Waals surface area contributed by atoms with Crippen molar-refractivity contribution in [2.24, 2.45) is 5.11 Å². The molecule has 0 aromatic heterocycles. The van der Waals surface area contributed by atoms with Gasteiger partial charge >= 0.3 is 0 Å². The molecule has 0 fully saturated rings. The number of rotatable bonds is 4. The molecule has 5 nitrogen and oxygen atoms in total. The van der Waals surface area contributed by atoms with Crippen LogP contribution in [0.2, 0.25) is 0 Å². The summed E-state index contributed by atoms with van der Waals surface area (Å²) in [4.78, 5) is 16.0. The fourth-order valence-corrected chi connectivity index (χ4v) is 2.25. The molecule has 2 rings (SSSR count). The van der Waals surface area contributed by atoms with Gasteiger partial charge in [0.15, 0.2) is 0 Å².